The highest BCUT2D eigenvalue weighted by Crippen LogP contribution is 2.26. The van der Waals surface area contributed by atoms with E-state index in [9.17, 15) is 0 Å². The molecule has 0 aromatic rings. The molecule has 96 valence electrons. The van der Waals surface area contributed by atoms with E-state index in [2.05, 4.69) is 58.3 Å². The molecule has 0 amide bonds. The van der Waals surface area contributed by atoms with Crippen LogP contribution >= 0.6 is 0 Å². The van der Waals surface area contributed by atoms with Gasteiger partial charge in [-0.2, -0.15) is 0 Å². The molecule has 0 aliphatic carbocycles. The highest BCUT2D eigenvalue weighted by molar-refractivity contribution is 4.91. The number of piperazine rings is 1. The molecule has 1 aliphatic heterocycles. The zero-order valence-corrected chi connectivity index (χ0v) is 12.2. The van der Waals surface area contributed by atoms with Crippen LogP contribution in [-0.2, 0) is 0 Å². The lowest BCUT2D eigenvalue weighted by Crippen LogP contribution is -2.61. The Bertz CT molecular complexity index is 215. The van der Waals surface area contributed by atoms with Crippen molar-refractivity contribution < 1.29 is 0 Å². The quantitative estimate of drug-likeness (QED) is 0.714. The van der Waals surface area contributed by atoms with E-state index in [1.54, 1.807) is 0 Å². The largest absolute Gasteiger partial charge is 0.298 e. The van der Waals surface area contributed by atoms with Gasteiger partial charge in [-0.1, -0.05) is 13.8 Å². The first-order valence-electron chi connectivity index (χ1n) is 6.74. The van der Waals surface area contributed by atoms with Gasteiger partial charge in [-0.05, 0) is 40.5 Å². The van der Waals surface area contributed by atoms with E-state index in [0.717, 1.165) is 5.92 Å². The standard InChI is InChI=1S/C14H30N2/c1-11(2)13-10-15(12(3)4)8-9-16(13)14(5,6)7/h11-13H,8-10H2,1-7H3. The second-order valence-corrected chi connectivity index (χ2v) is 6.76. The van der Waals surface area contributed by atoms with Gasteiger partial charge in [-0.3, -0.25) is 9.80 Å². The minimum Gasteiger partial charge on any atom is -0.298 e. The zero-order chi connectivity index (χ0) is 12.5. The van der Waals surface area contributed by atoms with Crippen molar-refractivity contribution in [2.24, 2.45) is 5.92 Å². The first kappa shape index (κ1) is 14.0. The van der Waals surface area contributed by atoms with Crippen molar-refractivity contribution in [3.8, 4) is 0 Å². The summed E-state index contributed by atoms with van der Waals surface area (Å²) < 4.78 is 0. The van der Waals surface area contributed by atoms with Crippen LogP contribution in [0.4, 0.5) is 0 Å². The van der Waals surface area contributed by atoms with Gasteiger partial charge in [-0.15, -0.1) is 0 Å². The lowest BCUT2D eigenvalue weighted by Gasteiger charge is -2.50. The second kappa shape index (κ2) is 5.05. The molecule has 0 bridgehead atoms. The maximum absolute atomic E-state index is 2.69. The average molecular weight is 226 g/mol. The second-order valence-electron chi connectivity index (χ2n) is 6.76. The van der Waals surface area contributed by atoms with Crippen molar-refractivity contribution >= 4 is 0 Å². The van der Waals surface area contributed by atoms with E-state index in [4.69, 9.17) is 0 Å². The van der Waals surface area contributed by atoms with Crippen LogP contribution < -0.4 is 0 Å². The molecule has 1 unspecified atom stereocenters. The Labute approximate surface area is 102 Å². The van der Waals surface area contributed by atoms with Gasteiger partial charge in [0.05, 0.1) is 0 Å². The van der Waals surface area contributed by atoms with Gasteiger partial charge < -0.3 is 0 Å². The summed E-state index contributed by atoms with van der Waals surface area (Å²) in [5.74, 6) is 0.737. The molecule has 1 atom stereocenters. The Morgan fingerprint density at radius 2 is 1.56 bits per heavy atom. The Balaban J connectivity index is 2.76. The van der Waals surface area contributed by atoms with Gasteiger partial charge in [0.2, 0.25) is 0 Å². The molecule has 0 aromatic carbocycles. The Morgan fingerprint density at radius 1 is 1.00 bits per heavy atom. The van der Waals surface area contributed by atoms with Crippen molar-refractivity contribution in [3.63, 3.8) is 0 Å². The molecule has 0 spiro atoms. The van der Waals surface area contributed by atoms with Gasteiger partial charge in [0.15, 0.2) is 0 Å². The zero-order valence-electron chi connectivity index (χ0n) is 12.2. The molecular formula is C14H30N2. The molecule has 2 heteroatoms. The molecule has 1 rings (SSSR count). The summed E-state index contributed by atoms with van der Waals surface area (Å²) in [4.78, 5) is 5.31. The third kappa shape index (κ3) is 3.21. The number of hydrogen-bond donors (Lipinski definition) is 0. The Hall–Kier alpha value is -0.0800. The predicted molar refractivity (Wildman–Crippen MR) is 71.8 cm³/mol. The van der Waals surface area contributed by atoms with E-state index in [-0.39, 0.29) is 0 Å². The van der Waals surface area contributed by atoms with Crippen LogP contribution in [0.3, 0.4) is 0 Å². The number of hydrogen-bond acceptors (Lipinski definition) is 2. The van der Waals surface area contributed by atoms with Crippen LogP contribution in [0, 0.1) is 5.92 Å². The molecule has 1 aliphatic rings. The first-order valence-corrected chi connectivity index (χ1v) is 6.74. The molecule has 0 aromatic heterocycles. The SMILES string of the molecule is CC(C)C1CN(C(C)C)CCN1C(C)(C)C. The van der Waals surface area contributed by atoms with Crippen molar-refractivity contribution in [3.05, 3.63) is 0 Å². The van der Waals surface area contributed by atoms with Gasteiger partial charge in [0.25, 0.3) is 0 Å². The minimum absolute atomic E-state index is 0.304. The molecule has 2 nitrogen and oxygen atoms in total. The van der Waals surface area contributed by atoms with Crippen molar-refractivity contribution in [2.75, 3.05) is 19.6 Å². The van der Waals surface area contributed by atoms with Gasteiger partial charge in [-0.25, -0.2) is 0 Å². The lowest BCUT2D eigenvalue weighted by molar-refractivity contribution is -0.0190. The van der Waals surface area contributed by atoms with Crippen LogP contribution in [0.15, 0.2) is 0 Å². The highest BCUT2D eigenvalue weighted by Gasteiger charge is 2.35. The van der Waals surface area contributed by atoms with Crippen LogP contribution in [-0.4, -0.2) is 47.1 Å². The molecule has 1 heterocycles. The smallest absolute Gasteiger partial charge is 0.0251 e. The number of rotatable bonds is 2. The summed E-state index contributed by atoms with van der Waals surface area (Å²) >= 11 is 0. The highest BCUT2D eigenvalue weighted by atomic mass is 15.3. The molecular weight excluding hydrogens is 196 g/mol. The first-order chi connectivity index (χ1) is 7.23. The average Bonchev–Trinajstić information content (AvgIpc) is 2.15. The Kier molecular flexibility index (Phi) is 4.42. The van der Waals surface area contributed by atoms with E-state index in [1.807, 2.05) is 0 Å². The van der Waals surface area contributed by atoms with Gasteiger partial charge in [0, 0.05) is 37.3 Å². The molecule has 0 radical (unpaired) electrons. The van der Waals surface area contributed by atoms with Crippen LogP contribution in [0.5, 0.6) is 0 Å². The summed E-state index contributed by atoms with van der Waals surface area (Å²) in [6.45, 7) is 20.0. The summed E-state index contributed by atoms with van der Waals surface area (Å²) in [5, 5.41) is 0. The molecule has 0 N–H and O–H groups in total. The molecule has 1 fully saturated rings. The minimum atomic E-state index is 0.304. The summed E-state index contributed by atoms with van der Waals surface area (Å²) in [6, 6.07) is 1.39. The van der Waals surface area contributed by atoms with E-state index >= 15 is 0 Å². The maximum atomic E-state index is 2.69. The molecule has 0 saturated carbocycles. The summed E-state index contributed by atoms with van der Waals surface area (Å²) in [6.07, 6.45) is 0. The maximum Gasteiger partial charge on any atom is 0.0251 e. The monoisotopic (exact) mass is 226 g/mol. The fraction of sp³-hybridized carbons (Fsp3) is 1.00. The topological polar surface area (TPSA) is 6.48 Å². The fourth-order valence-corrected chi connectivity index (χ4v) is 2.70. The summed E-state index contributed by atoms with van der Waals surface area (Å²) in [5.41, 5.74) is 0.304. The van der Waals surface area contributed by atoms with E-state index in [1.165, 1.54) is 19.6 Å². The van der Waals surface area contributed by atoms with Crippen molar-refractivity contribution in [2.45, 2.75) is 66.1 Å². The van der Waals surface area contributed by atoms with E-state index < -0.39 is 0 Å². The van der Waals surface area contributed by atoms with Gasteiger partial charge >= 0.3 is 0 Å². The molecule has 16 heavy (non-hydrogen) atoms. The van der Waals surface area contributed by atoms with E-state index in [0.29, 0.717) is 17.6 Å². The van der Waals surface area contributed by atoms with Crippen LogP contribution in [0.2, 0.25) is 0 Å². The Morgan fingerprint density at radius 3 is 1.94 bits per heavy atom. The predicted octanol–water partition coefficient (Wildman–Crippen LogP) is 2.84. The third-order valence-corrected chi connectivity index (χ3v) is 3.81. The normalized spacial score (nSPS) is 25.7. The van der Waals surface area contributed by atoms with Crippen molar-refractivity contribution in [1.29, 1.82) is 0 Å². The molecule has 1 saturated heterocycles. The fourth-order valence-electron chi connectivity index (χ4n) is 2.70. The lowest BCUT2D eigenvalue weighted by atomic mass is 9.93. The van der Waals surface area contributed by atoms with Crippen LogP contribution in [0.25, 0.3) is 0 Å². The number of nitrogens with zero attached hydrogens (tertiary/aromatic N) is 2. The van der Waals surface area contributed by atoms with Crippen LogP contribution in [0.1, 0.15) is 48.5 Å². The van der Waals surface area contributed by atoms with Gasteiger partial charge in [0.1, 0.15) is 0 Å². The summed E-state index contributed by atoms with van der Waals surface area (Å²) in [7, 11) is 0. The third-order valence-electron chi connectivity index (χ3n) is 3.81. The van der Waals surface area contributed by atoms with Crippen molar-refractivity contribution in [1.82, 2.24) is 9.80 Å².